The third kappa shape index (κ3) is 4.17. The Bertz CT molecular complexity index is 766. The zero-order chi connectivity index (χ0) is 16.9. The minimum absolute atomic E-state index is 0.191. The van der Waals surface area contributed by atoms with Crippen molar-refractivity contribution in [2.75, 3.05) is 5.32 Å². The van der Waals surface area contributed by atoms with Gasteiger partial charge in [0.2, 0.25) is 5.13 Å². The Labute approximate surface area is 147 Å². The Morgan fingerprint density at radius 2 is 1.62 bits per heavy atom. The van der Waals surface area contributed by atoms with Crippen molar-refractivity contribution in [2.45, 2.75) is 33.2 Å². The lowest BCUT2D eigenvalue weighted by Gasteiger charge is -2.13. The predicted molar refractivity (Wildman–Crippen MR) is 100 cm³/mol. The molecule has 0 bridgehead atoms. The number of nitrogens with one attached hydrogen (secondary N) is 1. The molecule has 2 heterocycles. The van der Waals surface area contributed by atoms with Crippen LogP contribution in [0.4, 0.5) is 5.13 Å². The fourth-order valence-electron chi connectivity index (χ4n) is 2.54. The minimum atomic E-state index is 0.191. The molecule has 1 atom stereocenters. The summed E-state index contributed by atoms with van der Waals surface area (Å²) in [6.07, 6.45) is 4.56. The summed E-state index contributed by atoms with van der Waals surface area (Å²) in [4.78, 5) is 8.63. The van der Waals surface area contributed by atoms with Crippen LogP contribution in [0.15, 0.2) is 48.8 Å². The maximum Gasteiger partial charge on any atom is 0.203 e. The van der Waals surface area contributed by atoms with Crippen LogP contribution >= 0.6 is 11.5 Å². The van der Waals surface area contributed by atoms with Gasteiger partial charge in [-0.2, -0.15) is 4.37 Å². The van der Waals surface area contributed by atoms with E-state index >= 15 is 0 Å². The van der Waals surface area contributed by atoms with Gasteiger partial charge in [0.1, 0.15) is 5.82 Å². The summed E-state index contributed by atoms with van der Waals surface area (Å²) in [6, 6.07) is 12.8. The monoisotopic (exact) mass is 338 g/mol. The van der Waals surface area contributed by atoms with Crippen LogP contribution in [0.5, 0.6) is 0 Å². The maximum absolute atomic E-state index is 4.57. The van der Waals surface area contributed by atoms with Crippen molar-refractivity contribution in [2.24, 2.45) is 5.92 Å². The molecule has 0 radical (unpaired) electrons. The van der Waals surface area contributed by atoms with E-state index in [9.17, 15) is 0 Å². The first-order valence-electron chi connectivity index (χ1n) is 8.21. The van der Waals surface area contributed by atoms with Gasteiger partial charge in [0.05, 0.1) is 6.04 Å². The van der Waals surface area contributed by atoms with Gasteiger partial charge in [0, 0.05) is 30.3 Å². The van der Waals surface area contributed by atoms with Gasteiger partial charge >= 0.3 is 0 Å². The largest absolute Gasteiger partial charge is 0.354 e. The second kappa shape index (κ2) is 7.53. The Morgan fingerprint density at radius 3 is 2.29 bits per heavy atom. The Kier molecular flexibility index (Phi) is 5.20. The van der Waals surface area contributed by atoms with Crippen LogP contribution in [0.2, 0.25) is 0 Å². The average Bonchev–Trinajstić information content (AvgIpc) is 3.02. The minimum Gasteiger partial charge on any atom is -0.354 e. The number of nitrogens with zero attached hydrogens (tertiary/aromatic N) is 3. The number of hydrogen-bond acceptors (Lipinski definition) is 5. The molecule has 1 unspecified atom stereocenters. The molecule has 1 aromatic carbocycles. The van der Waals surface area contributed by atoms with Gasteiger partial charge in [0.25, 0.3) is 0 Å². The van der Waals surface area contributed by atoms with E-state index in [1.807, 2.05) is 24.5 Å². The molecule has 0 saturated heterocycles. The molecule has 0 aliphatic rings. The van der Waals surface area contributed by atoms with Crippen LogP contribution in [0.1, 0.15) is 38.2 Å². The molecule has 3 rings (SSSR count). The molecular formula is C19H22N4S. The maximum atomic E-state index is 4.57. The average molecular weight is 338 g/mol. The smallest absolute Gasteiger partial charge is 0.203 e. The highest BCUT2D eigenvalue weighted by atomic mass is 32.1. The fourth-order valence-corrected chi connectivity index (χ4v) is 3.22. The van der Waals surface area contributed by atoms with E-state index in [1.165, 1.54) is 28.2 Å². The van der Waals surface area contributed by atoms with Crippen molar-refractivity contribution >= 4 is 16.7 Å². The SMILES string of the molecule is CC(C)Cc1nsc(NC(C)c2ccc(-c3ccncc3)cc2)n1. The summed E-state index contributed by atoms with van der Waals surface area (Å²) in [6.45, 7) is 6.51. The van der Waals surface area contributed by atoms with Crippen molar-refractivity contribution < 1.29 is 0 Å². The molecule has 2 aromatic heterocycles. The highest BCUT2D eigenvalue weighted by Gasteiger charge is 2.10. The Hall–Kier alpha value is -2.27. The van der Waals surface area contributed by atoms with Crippen molar-refractivity contribution in [3.05, 3.63) is 60.2 Å². The van der Waals surface area contributed by atoms with E-state index in [4.69, 9.17) is 0 Å². The summed E-state index contributed by atoms with van der Waals surface area (Å²) in [5.74, 6) is 1.50. The van der Waals surface area contributed by atoms with Gasteiger partial charge < -0.3 is 5.32 Å². The molecule has 5 heteroatoms. The summed E-state index contributed by atoms with van der Waals surface area (Å²) in [5, 5.41) is 4.33. The predicted octanol–water partition coefficient (Wildman–Crippen LogP) is 4.97. The van der Waals surface area contributed by atoms with Gasteiger partial charge in [-0.1, -0.05) is 38.1 Å². The summed E-state index contributed by atoms with van der Waals surface area (Å²) in [7, 11) is 0. The van der Waals surface area contributed by atoms with Crippen molar-refractivity contribution in [1.82, 2.24) is 14.3 Å². The van der Waals surface area contributed by atoms with Gasteiger partial charge in [-0.3, -0.25) is 4.98 Å². The number of aromatic nitrogens is 3. The van der Waals surface area contributed by atoms with Crippen molar-refractivity contribution in [3.8, 4) is 11.1 Å². The van der Waals surface area contributed by atoms with Crippen LogP contribution in [0.25, 0.3) is 11.1 Å². The van der Waals surface area contributed by atoms with Crippen LogP contribution < -0.4 is 5.32 Å². The van der Waals surface area contributed by atoms with Gasteiger partial charge in [0.15, 0.2) is 0 Å². The lowest BCUT2D eigenvalue weighted by molar-refractivity contribution is 0.627. The van der Waals surface area contributed by atoms with Crippen LogP contribution in [0, 0.1) is 5.92 Å². The van der Waals surface area contributed by atoms with Crippen molar-refractivity contribution in [3.63, 3.8) is 0 Å². The standard InChI is InChI=1S/C19H22N4S/c1-13(2)12-18-22-19(24-23-18)21-14(3)15-4-6-16(7-5-15)17-8-10-20-11-9-17/h4-11,13-14H,12H2,1-3H3,(H,21,22,23). The van der Waals surface area contributed by atoms with E-state index in [0.717, 1.165) is 17.4 Å². The summed E-state index contributed by atoms with van der Waals surface area (Å²) in [5.41, 5.74) is 3.61. The van der Waals surface area contributed by atoms with Crippen LogP contribution in [-0.4, -0.2) is 14.3 Å². The number of pyridine rings is 1. The zero-order valence-electron chi connectivity index (χ0n) is 14.2. The third-order valence-electron chi connectivity index (χ3n) is 3.82. The molecule has 124 valence electrons. The molecule has 0 aliphatic heterocycles. The molecule has 0 spiro atoms. The van der Waals surface area contributed by atoms with E-state index in [2.05, 4.69) is 64.7 Å². The highest BCUT2D eigenvalue weighted by Crippen LogP contribution is 2.24. The summed E-state index contributed by atoms with van der Waals surface area (Å²) < 4.78 is 4.42. The number of hydrogen-bond donors (Lipinski definition) is 1. The summed E-state index contributed by atoms with van der Waals surface area (Å²) >= 11 is 1.44. The molecule has 0 saturated carbocycles. The van der Waals surface area contributed by atoms with E-state index in [1.54, 1.807) is 0 Å². The molecular weight excluding hydrogens is 316 g/mol. The quantitative estimate of drug-likeness (QED) is 0.689. The highest BCUT2D eigenvalue weighted by molar-refractivity contribution is 7.09. The normalized spacial score (nSPS) is 12.3. The Balaban J connectivity index is 1.67. The first kappa shape index (κ1) is 16.6. The molecule has 24 heavy (non-hydrogen) atoms. The van der Waals surface area contributed by atoms with Gasteiger partial charge in [-0.25, -0.2) is 4.98 Å². The third-order valence-corrected chi connectivity index (χ3v) is 4.51. The molecule has 0 aliphatic carbocycles. The number of anilines is 1. The molecule has 0 fully saturated rings. The van der Waals surface area contributed by atoms with E-state index in [-0.39, 0.29) is 6.04 Å². The Morgan fingerprint density at radius 1 is 0.958 bits per heavy atom. The van der Waals surface area contributed by atoms with Gasteiger partial charge in [-0.15, -0.1) is 0 Å². The molecule has 1 N–H and O–H groups in total. The zero-order valence-corrected chi connectivity index (χ0v) is 15.0. The van der Waals surface area contributed by atoms with E-state index < -0.39 is 0 Å². The number of rotatable bonds is 6. The fraction of sp³-hybridized carbons (Fsp3) is 0.316. The molecule has 4 nitrogen and oxygen atoms in total. The van der Waals surface area contributed by atoms with E-state index in [0.29, 0.717) is 5.92 Å². The lowest BCUT2D eigenvalue weighted by atomic mass is 10.0. The van der Waals surface area contributed by atoms with Gasteiger partial charge in [-0.05, 0) is 41.7 Å². The second-order valence-electron chi connectivity index (χ2n) is 6.34. The second-order valence-corrected chi connectivity index (χ2v) is 7.09. The first-order valence-corrected chi connectivity index (χ1v) is 8.98. The molecule has 0 amide bonds. The topological polar surface area (TPSA) is 50.7 Å². The lowest BCUT2D eigenvalue weighted by Crippen LogP contribution is -2.06. The first-order chi connectivity index (χ1) is 11.6. The van der Waals surface area contributed by atoms with Crippen molar-refractivity contribution in [1.29, 1.82) is 0 Å². The van der Waals surface area contributed by atoms with Crippen LogP contribution in [0.3, 0.4) is 0 Å². The number of benzene rings is 1. The molecule has 3 aromatic rings. The van der Waals surface area contributed by atoms with Crippen LogP contribution in [-0.2, 0) is 6.42 Å².